The first-order valence-electron chi connectivity index (χ1n) is 12.1. The fraction of sp³-hybridized carbons (Fsp3) is 0.760. The Bertz CT molecular complexity index is 490. The molecule has 0 aromatic rings. The van der Waals surface area contributed by atoms with Crippen LogP contribution in [0, 0.1) is 0 Å². The van der Waals surface area contributed by atoms with Crippen LogP contribution >= 0.6 is 0 Å². The Morgan fingerprint density at radius 2 is 1.23 bits per heavy atom. The van der Waals surface area contributed by atoms with Crippen LogP contribution in [0.3, 0.4) is 0 Å². The van der Waals surface area contributed by atoms with Crippen molar-refractivity contribution in [2.24, 2.45) is 0 Å². The number of nitrogens with one attached hydrogen (secondary N) is 2. The zero-order valence-electron chi connectivity index (χ0n) is 20.5. The molecule has 31 heavy (non-hydrogen) atoms. The first kappa shape index (κ1) is 29.3. The van der Waals surface area contributed by atoms with Crippen LogP contribution in [-0.2, 0) is 9.59 Å². The van der Waals surface area contributed by atoms with E-state index in [0.717, 1.165) is 25.7 Å². The lowest BCUT2D eigenvalue weighted by Crippen LogP contribution is -2.52. The van der Waals surface area contributed by atoms with Gasteiger partial charge in [0.25, 0.3) is 0 Å². The lowest BCUT2D eigenvalue weighted by atomic mass is 10.1. The van der Waals surface area contributed by atoms with Gasteiger partial charge in [0.1, 0.15) is 0 Å². The maximum Gasteiger partial charge on any atom is 0.243 e. The minimum absolute atomic E-state index is 0.0310. The number of amides is 2. The van der Waals surface area contributed by atoms with Gasteiger partial charge in [-0.25, -0.2) is 0 Å². The van der Waals surface area contributed by atoms with Gasteiger partial charge in [0.2, 0.25) is 11.8 Å². The number of allylic oxidation sites excluding steroid dienone is 2. The summed E-state index contributed by atoms with van der Waals surface area (Å²) in [6, 6.07) is 0.0621. The molecule has 0 aliphatic carbocycles. The fourth-order valence-electron chi connectivity index (χ4n) is 3.35. The van der Waals surface area contributed by atoms with Gasteiger partial charge < -0.3 is 15.7 Å². The smallest absolute Gasteiger partial charge is 0.243 e. The van der Waals surface area contributed by atoms with E-state index in [1.165, 1.54) is 25.7 Å². The number of hydrogen-bond acceptors (Lipinski definition) is 4. The van der Waals surface area contributed by atoms with Crippen LogP contribution in [0.5, 0.6) is 0 Å². The van der Waals surface area contributed by atoms with Crippen molar-refractivity contribution in [1.29, 1.82) is 0 Å². The summed E-state index contributed by atoms with van der Waals surface area (Å²) in [4.78, 5) is 26.2. The van der Waals surface area contributed by atoms with Crippen LogP contribution in [0.25, 0.3) is 0 Å². The third-order valence-corrected chi connectivity index (χ3v) is 5.24. The SMILES string of the molecule is CCCCC/C=C/C(=O)NCC(C)N(CC(C)O)C(C)CNC(=O)/C=C/CCCCC. The van der Waals surface area contributed by atoms with Crippen molar-refractivity contribution >= 4 is 11.8 Å². The summed E-state index contributed by atoms with van der Waals surface area (Å²) in [7, 11) is 0. The molecule has 0 spiro atoms. The van der Waals surface area contributed by atoms with Crippen LogP contribution in [-0.4, -0.2) is 59.6 Å². The van der Waals surface area contributed by atoms with Gasteiger partial charge in [-0.2, -0.15) is 0 Å². The zero-order chi connectivity index (χ0) is 23.5. The summed E-state index contributed by atoms with van der Waals surface area (Å²) in [6.45, 7) is 11.6. The van der Waals surface area contributed by atoms with Gasteiger partial charge in [-0.15, -0.1) is 0 Å². The van der Waals surface area contributed by atoms with E-state index in [4.69, 9.17) is 0 Å². The van der Waals surface area contributed by atoms with E-state index in [9.17, 15) is 14.7 Å². The molecule has 0 saturated heterocycles. The number of aliphatic hydroxyl groups is 1. The predicted molar refractivity (Wildman–Crippen MR) is 130 cm³/mol. The second-order valence-electron chi connectivity index (χ2n) is 8.53. The van der Waals surface area contributed by atoms with Crippen LogP contribution in [0.1, 0.15) is 86.0 Å². The average molecular weight is 438 g/mol. The molecule has 3 atom stereocenters. The first-order valence-corrected chi connectivity index (χ1v) is 12.1. The van der Waals surface area contributed by atoms with E-state index < -0.39 is 6.10 Å². The van der Waals surface area contributed by atoms with Crippen LogP contribution < -0.4 is 10.6 Å². The molecule has 0 radical (unpaired) electrons. The molecule has 3 unspecified atom stereocenters. The second kappa shape index (κ2) is 19.1. The van der Waals surface area contributed by atoms with Crippen LogP contribution in [0.2, 0.25) is 0 Å². The van der Waals surface area contributed by atoms with Gasteiger partial charge in [0, 0.05) is 31.7 Å². The van der Waals surface area contributed by atoms with E-state index in [2.05, 4.69) is 29.4 Å². The summed E-state index contributed by atoms with van der Waals surface area (Å²) in [5.41, 5.74) is 0. The second-order valence-corrected chi connectivity index (χ2v) is 8.53. The Hall–Kier alpha value is -1.66. The molecule has 0 aromatic carbocycles. The summed E-state index contributed by atoms with van der Waals surface area (Å²) in [6.07, 6.45) is 15.4. The Morgan fingerprint density at radius 3 is 1.58 bits per heavy atom. The molecule has 180 valence electrons. The summed E-state index contributed by atoms with van der Waals surface area (Å²) >= 11 is 0. The molecule has 3 N–H and O–H groups in total. The largest absolute Gasteiger partial charge is 0.392 e. The third kappa shape index (κ3) is 16.7. The molecule has 0 aromatic heterocycles. The molecule has 0 heterocycles. The highest BCUT2D eigenvalue weighted by Crippen LogP contribution is 2.07. The fourth-order valence-corrected chi connectivity index (χ4v) is 3.35. The molecule has 0 fully saturated rings. The topological polar surface area (TPSA) is 81.7 Å². The Balaban J connectivity index is 4.51. The van der Waals surface area contributed by atoms with Crippen molar-refractivity contribution in [2.45, 2.75) is 104 Å². The maximum absolute atomic E-state index is 12.0. The highest BCUT2D eigenvalue weighted by atomic mass is 16.3. The van der Waals surface area contributed by atoms with Crippen molar-refractivity contribution in [1.82, 2.24) is 15.5 Å². The Morgan fingerprint density at radius 1 is 0.806 bits per heavy atom. The average Bonchev–Trinajstić information content (AvgIpc) is 2.73. The monoisotopic (exact) mass is 437 g/mol. The van der Waals surface area contributed by atoms with Crippen molar-refractivity contribution < 1.29 is 14.7 Å². The van der Waals surface area contributed by atoms with Crippen LogP contribution in [0.15, 0.2) is 24.3 Å². The first-order chi connectivity index (χ1) is 14.8. The normalized spacial score (nSPS) is 14.8. The van der Waals surface area contributed by atoms with Gasteiger partial charge >= 0.3 is 0 Å². The van der Waals surface area contributed by atoms with E-state index in [0.29, 0.717) is 19.6 Å². The van der Waals surface area contributed by atoms with Gasteiger partial charge in [-0.3, -0.25) is 14.5 Å². The molecule has 0 saturated carbocycles. The van der Waals surface area contributed by atoms with Gasteiger partial charge in [-0.1, -0.05) is 51.7 Å². The molecule has 0 bridgehead atoms. The number of nitrogens with zero attached hydrogens (tertiary/aromatic N) is 1. The highest BCUT2D eigenvalue weighted by Gasteiger charge is 2.22. The Labute approximate surface area is 190 Å². The molecule has 0 aliphatic heterocycles. The standard InChI is InChI=1S/C25H47N3O3/c1-6-8-10-12-14-16-24(30)26-18-21(3)28(20-23(5)29)22(4)19-27-25(31)17-15-13-11-9-7-2/h14-17,21-23,29H,6-13,18-20H2,1-5H3,(H,26,30)(H,27,31)/b16-14+,17-15+. The van der Waals surface area contributed by atoms with Crippen molar-refractivity contribution in [3.05, 3.63) is 24.3 Å². The van der Waals surface area contributed by atoms with Gasteiger partial charge in [-0.05, 0) is 58.6 Å². The number of carbonyl (C=O) groups excluding carboxylic acids is 2. The quantitative estimate of drug-likeness (QED) is 0.224. The van der Waals surface area contributed by atoms with Crippen LogP contribution in [0.4, 0.5) is 0 Å². The van der Waals surface area contributed by atoms with E-state index >= 15 is 0 Å². The molecule has 2 amide bonds. The molecule has 6 heteroatoms. The number of aliphatic hydroxyl groups excluding tert-OH is 1. The highest BCUT2D eigenvalue weighted by molar-refractivity contribution is 5.87. The van der Waals surface area contributed by atoms with E-state index in [1.54, 1.807) is 19.1 Å². The number of unbranched alkanes of at least 4 members (excludes halogenated alkanes) is 6. The molecule has 6 nitrogen and oxygen atoms in total. The number of rotatable bonds is 18. The van der Waals surface area contributed by atoms with Gasteiger partial charge in [0.05, 0.1) is 6.10 Å². The summed E-state index contributed by atoms with van der Waals surface area (Å²) in [5.74, 6) is -0.177. The van der Waals surface area contributed by atoms with Gasteiger partial charge in [0.15, 0.2) is 0 Å². The lowest BCUT2D eigenvalue weighted by molar-refractivity contribution is -0.117. The number of carbonyl (C=O) groups is 2. The summed E-state index contributed by atoms with van der Waals surface area (Å²) in [5, 5.41) is 15.8. The van der Waals surface area contributed by atoms with E-state index in [1.807, 2.05) is 26.0 Å². The van der Waals surface area contributed by atoms with Crippen molar-refractivity contribution in [2.75, 3.05) is 19.6 Å². The van der Waals surface area contributed by atoms with Crippen molar-refractivity contribution in [3.8, 4) is 0 Å². The Kier molecular flexibility index (Phi) is 18.0. The molecule has 0 aliphatic rings. The number of hydrogen-bond donors (Lipinski definition) is 3. The molecular formula is C25H47N3O3. The minimum Gasteiger partial charge on any atom is -0.392 e. The zero-order valence-corrected chi connectivity index (χ0v) is 20.5. The van der Waals surface area contributed by atoms with E-state index in [-0.39, 0.29) is 23.9 Å². The third-order valence-electron chi connectivity index (χ3n) is 5.24. The summed E-state index contributed by atoms with van der Waals surface area (Å²) < 4.78 is 0. The lowest BCUT2D eigenvalue weighted by Gasteiger charge is -2.35. The molecule has 0 rings (SSSR count). The molecular weight excluding hydrogens is 390 g/mol. The predicted octanol–water partition coefficient (Wildman–Crippen LogP) is 3.95. The minimum atomic E-state index is -0.492. The van der Waals surface area contributed by atoms with Crippen molar-refractivity contribution in [3.63, 3.8) is 0 Å². The maximum atomic E-state index is 12.0.